The molecule has 0 saturated heterocycles. The zero-order chi connectivity index (χ0) is 18.3. The molecular formula is C17H22N6O3. The van der Waals surface area contributed by atoms with Crippen molar-refractivity contribution in [3.05, 3.63) is 38.9 Å². The van der Waals surface area contributed by atoms with Crippen LogP contribution in [0.1, 0.15) is 49.7 Å². The molecule has 0 radical (unpaired) electrons. The highest BCUT2D eigenvalue weighted by Crippen LogP contribution is 2.31. The van der Waals surface area contributed by atoms with E-state index in [2.05, 4.69) is 15.1 Å². The maximum Gasteiger partial charge on any atom is 0.332 e. The Hall–Kier alpha value is -2.71. The van der Waals surface area contributed by atoms with E-state index >= 15 is 0 Å². The normalized spacial score (nSPS) is 15.8. The highest BCUT2D eigenvalue weighted by molar-refractivity contribution is 5.69. The molecule has 1 saturated carbocycles. The van der Waals surface area contributed by atoms with Gasteiger partial charge in [-0.1, -0.05) is 24.4 Å². The van der Waals surface area contributed by atoms with Crippen molar-refractivity contribution in [1.82, 2.24) is 28.8 Å². The third kappa shape index (κ3) is 2.77. The van der Waals surface area contributed by atoms with Crippen LogP contribution in [0.25, 0.3) is 11.2 Å². The van der Waals surface area contributed by atoms with Crippen LogP contribution >= 0.6 is 0 Å². The molecule has 0 amide bonds. The fraction of sp³-hybridized carbons (Fsp3) is 0.588. The number of nitrogens with zero attached hydrogens (tertiary/aromatic N) is 6. The van der Waals surface area contributed by atoms with Gasteiger partial charge in [-0.25, -0.2) is 9.78 Å². The van der Waals surface area contributed by atoms with E-state index in [0.717, 1.165) is 23.3 Å². The summed E-state index contributed by atoms with van der Waals surface area (Å²) in [4.78, 5) is 33.2. The molecule has 26 heavy (non-hydrogen) atoms. The summed E-state index contributed by atoms with van der Waals surface area (Å²) in [6, 6.07) is 0. The second kappa shape index (κ2) is 6.54. The number of imidazole rings is 1. The van der Waals surface area contributed by atoms with Crippen molar-refractivity contribution in [3.63, 3.8) is 0 Å². The van der Waals surface area contributed by atoms with E-state index < -0.39 is 0 Å². The molecule has 3 aromatic rings. The van der Waals surface area contributed by atoms with Crippen LogP contribution in [0.3, 0.4) is 0 Å². The van der Waals surface area contributed by atoms with E-state index in [1.807, 2.05) is 0 Å². The van der Waals surface area contributed by atoms with Crippen molar-refractivity contribution in [3.8, 4) is 0 Å². The van der Waals surface area contributed by atoms with E-state index in [-0.39, 0.29) is 11.2 Å². The first-order valence-corrected chi connectivity index (χ1v) is 8.99. The number of aryl methyl sites for hydroxylation is 3. The molecular weight excluding hydrogens is 336 g/mol. The quantitative estimate of drug-likeness (QED) is 0.692. The van der Waals surface area contributed by atoms with E-state index in [9.17, 15) is 9.59 Å². The lowest BCUT2D eigenvalue weighted by Gasteiger charge is -2.17. The fourth-order valence-corrected chi connectivity index (χ4v) is 3.67. The standard InChI is InChI=1S/C17H22N6O3/c1-21-14-13(16(24)22(2)17(21)25)23(10-18-14)9-8-12-19-15(26-20-12)11-6-4-3-5-7-11/h10-11H,3-9H2,1-2H3. The number of rotatable bonds is 4. The molecule has 0 aliphatic heterocycles. The fourth-order valence-electron chi connectivity index (χ4n) is 3.67. The van der Waals surface area contributed by atoms with Gasteiger partial charge in [-0.2, -0.15) is 4.98 Å². The summed E-state index contributed by atoms with van der Waals surface area (Å²) in [6.45, 7) is 0.494. The molecule has 0 N–H and O–H groups in total. The lowest BCUT2D eigenvalue weighted by molar-refractivity contribution is 0.312. The first-order chi connectivity index (χ1) is 12.6. The number of hydrogen-bond acceptors (Lipinski definition) is 6. The first-order valence-electron chi connectivity index (χ1n) is 8.99. The topological polar surface area (TPSA) is 101 Å². The summed E-state index contributed by atoms with van der Waals surface area (Å²) in [5.41, 5.74) is 0.0550. The minimum Gasteiger partial charge on any atom is -0.339 e. The monoisotopic (exact) mass is 358 g/mol. The zero-order valence-electron chi connectivity index (χ0n) is 15.0. The van der Waals surface area contributed by atoms with Crippen LogP contribution in [0.4, 0.5) is 0 Å². The van der Waals surface area contributed by atoms with Gasteiger partial charge in [-0.15, -0.1) is 0 Å². The minimum absolute atomic E-state index is 0.350. The second-order valence-electron chi connectivity index (χ2n) is 6.95. The molecule has 1 aliphatic rings. The van der Waals surface area contributed by atoms with E-state index in [0.29, 0.717) is 35.9 Å². The Kier molecular flexibility index (Phi) is 4.21. The summed E-state index contributed by atoms with van der Waals surface area (Å²) in [6.07, 6.45) is 8.04. The molecule has 0 aromatic carbocycles. The van der Waals surface area contributed by atoms with Gasteiger partial charge in [-0.3, -0.25) is 13.9 Å². The summed E-state index contributed by atoms with van der Waals surface area (Å²) in [5, 5.41) is 4.08. The van der Waals surface area contributed by atoms with Gasteiger partial charge in [0.25, 0.3) is 5.56 Å². The lowest BCUT2D eigenvalue weighted by Crippen LogP contribution is -2.37. The third-order valence-corrected chi connectivity index (χ3v) is 5.23. The number of hydrogen-bond donors (Lipinski definition) is 0. The van der Waals surface area contributed by atoms with E-state index in [1.165, 1.54) is 30.9 Å². The van der Waals surface area contributed by atoms with Gasteiger partial charge in [0.15, 0.2) is 17.0 Å². The van der Waals surface area contributed by atoms with Gasteiger partial charge in [0.05, 0.1) is 6.33 Å². The summed E-state index contributed by atoms with van der Waals surface area (Å²) < 4.78 is 9.66. The molecule has 0 atom stereocenters. The van der Waals surface area contributed by atoms with Crippen molar-refractivity contribution >= 4 is 11.2 Å². The van der Waals surface area contributed by atoms with Crippen LogP contribution in [0.2, 0.25) is 0 Å². The summed E-state index contributed by atoms with van der Waals surface area (Å²) in [5.74, 6) is 1.74. The van der Waals surface area contributed by atoms with Gasteiger partial charge in [0.2, 0.25) is 5.89 Å². The Morgan fingerprint density at radius 1 is 1.15 bits per heavy atom. The van der Waals surface area contributed by atoms with Crippen LogP contribution in [-0.2, 0) is 27.1 Å². The van der Waals surface area contributed by atoms with Gasteiger partial charge >= 0.3 is 5.69 Å². The lowest BCUT2D eigenvalue weighted by atomic mass is 9.89. The maximum atomic E-state index is 12.4. The number of fused-ring (bicyclic) bond motifs is 1. The molecule has 1 fully saturated rings. The Morgan fingerprint density at radius 2 is 1.92 bits per heavy atom. The van der Waals surface area contributed by atoms with Crippen molar-refractivity contribution in [2.24, 2.45) is 14.1 Å². The molecule has 1 aliphatic carbocycles. The van der Waals surface area contributed by atoms with Crippen molar-refractivity contribution in [2.45, 2.75) is 51.0 Å². The van der Waals surface area contributed by atoms with Gasteiger partial charge in [0, 0.05) is 33.0 Å². The average Bonchev–Trinajstić information content (AvgIpc) is 3.31. The molecule has 4 rings (SSSR count). The van der Waals surface area contributed by atoms with Crippen molar-refractivity contribution < 1.29 is 4.52 Å². The van der Waals surface area contributed by atoms with Gasteiger partial charge in [0.1, 0.15) is 0 Å². The smallest absolute Gasteiger partial charge is 0.332 e. The van der Waals surface area contributed by atoms with Gasteiger partial charge in [-0.05, 0) is 12.8 Å². The second-order valence-corrected chi connectivity index (χ2v) is 6.95. The van der Waals surface area contributed by atoms with Crippen LogP contribution < -0.4 is 11.2 Å². The highest BCUT2D eigenvalue weighted by Gasteiger charge is 2.21. The van der Waals surface area contributed by atoms with E-state index in [4.69, 9.17) is 4.52 Å². The summed E-state index contributed by atoms with van der Waals surface area (Å²) in [7, 11) is 3.08. The Balaban J connectivity index is 1.56. The average molecular weight is 358 g/mol. The number of aromatic nitrogens is 6. The summed E-state index contributed by atoms with van der Waals surface area (Å²) >= 11 is 0. The molecule has 3 heterocycles. The molecule has 9 heteroatoms. The minimum atomic E-state index is -0.386. The Bertz CT molecular complexity index is 1050. The zero-order valence-corrected chi connectivity index (χ0v) is 15.0. The van der Waals surface area contributed by atoms with Crippen molar-refractivity contribution in [2.75, 3.05) is 0 Å². The largest absolute Gasteiger partial charge is 0.339 e. The van der Waals surface area contributed by atoms with Crippen LogP contribution in [0.15, 0.2) is 20.4 Å². The first kappa shape index (κ1) is 16.7. The molecule has 138 valence electrons. The molecule has 0 spiro atoms. The third-order valence-electron chi connectivity index (χ3n) is 5.23. The maximum absolute atomic E-state index is 12.4. The Labute approximate surface area is 149 Å². The predicted octanol–water partition coefficient (Wildman–Crippen LogP) is 1.11. The molecule has 0 unspecified atom stereocenters. The van der Waals surface area contributed by atoms with E-state index in [1.54, 1.807) is 17.9 Å². The predicted molar refractivity (Wildman–Crippen MR) is 94.0 cm³/mol. The SMILES string of the molecule is Cn1c(=O)c2c(ncn2CCc2noc(C3CCCCC3)n2)n(C)c1=O. The van der Waals surface area contributed by atoms with Gasteiger partial charge < -0.3 is 9.09 Å². The molecule has 0 bridgehead atoms. The highest BCUT2D eigenvalue weighted by atomic mass is 16.5. The Morgan fingerprint density at radius 3 is 2.69 bits per heavy atom. The van der Waals surface area contributed by atoms with Crippen molar-refractivity contribution in [1.29, 1.82) is 0 Å². The molecule has 3 aromatic heterocycles. The van der Waals surface area contributed by atoms with Crippen LogP contribution in [0, 0.1) is 0 Å². The molecule has 9 nitrogen and oxygen atoms in total. The van der Waals surface area contributed by atoms with Crippen LogP contribution in [-0.4, -0.2) is 28.8 Å². The van der Waals surface area contributed by atoms with Crippen LogP contribution in [0.5, 0.6) is 0 Å².